The molecule has 86 valence electrons. The molecular formula is C13H23NS. The van der Waals surface area contributed by atoms with Gasteiger partial charge >= 0.3 is 0 Å². The van der Waals surface area contributed by atoms with Gasteiger partial charge in [0, 0.05) is 15.8 Å². The molecule has 1 rings (SSSR count). The molecule has 1 nitrogen and oxygen atoms in total. The number of thiophene rings is 1. The Morgan fingerprint density at radius 1 is 1.27 bits per heavy atom. The number of unbranched alkanes of at least 4 members (excludes halogenated alkanes) is 2. The van der Waals surface area contributed by atoms with Gasteiger partial charge in [0.25, 0.3) is 0 Å². The van der Waals surface area contributed by atoms with E-state index in [9.17, 15) is 0 Å². The van der Waals surface area contributed by atoms with Crippen LogP contribution in [0.2, 0.25) is 0 Å². The van der Waals surface area contributed by atoms with Crippen LogP contribution in [0, 0.1) is 0 Å². The van der Waals surface area contributed by atoms with Crippen LogP contribution in [0.4, 0.5) is 0 Å². The maximum absolute atomic E-state index is 3.43. The highest BCUT2D eigenvalue weighted by molar-refractivity contribution is 7.12. The molecule has 0 aliphatic rings. The first-order chi connectivity index (χ1) is 7.31. The zero-order valence-corrected chi connectivity index (χ0v) is 11.0. The monoisotopic (exact) mass is 225 g/mol. The van der Waals surface area contributed by atoms with Crippen LogP contribution in [0.1, 0.15) is 55.3 Å². The standard InChI is InChI=1S/C13H23NS/c1-4-6-7-8-12(14-3)13-10-9-11(5-2)15-13/h9-10,12,14H,4-8H2,1-3H3. The number of rotatable bonds is 7. The molecular weight excluding hydrogens is 202 g/mol. The predicted octanol–water partition coefficient (Wildman–Crippen LogP) is 4.15. The molecule has 0 saturated heterocycles. The molecule has 1 aromatic rings. The van der Waals surface area contributed by atoms with Crippen molar-refractivity contribution in [2.45, 2.75) is 52.0 Å². The van der Waals surface area contributed by atoms with Crippen LogP contribution in [0.3, 0.4) is 0 Å². The predicted molar refractivity (Wildman–Crippen MR) is 69.6 cm³/mol. The van der Waals surface area contributed by atoms with Gasteiger partial charge in [-0.15, -0.1) is 11.3 Å². The second kappa shape index (κ2) is 7.02. The highest BCUT2D eigenvalue weighted by Gasteiger charge is 2.10. The first kappa shape index (κ1) is 12.7. The van der Waals surface area contributed by atoms with E-state index in [1.807, 2.05) is 11.3 Å². The fourth-order valence-electron chi connectivity index (χ4n) is 1.80. The van der Waals surface area contributed by atoms with Crippen molar-refractivity contribution in [3.63, 3.8) is 0 Å². The SMILES string of the molecule is CCCCCC(NC)c1ccc(CC)s1. The molecule has 1 unspecified atom stereocenters. The molecule has 1 heterocycles. The maximum Gasteiger partial charge on any atom is 0.0412 e. The summed E-state index contributed by atoms with van der Waals surface area (Å²) in [5.41, 5.74) is 0. The lowest BCUT2D eigenvalue weighted by molar-refractivity contribution is 0.518. The van der Waals surface area contributed by atoms with E-state index in [1.165, 1.54) is 35.4 Å². The molecule has 0 saturated carbocycles. The van der Waals surface area contributed by atoms with Gasteiger partial charge in [0.05, 0.1) is 0 Å². The third-order valence-corrected chi connectivity index (χ3v) is 4.16. The smallest absolute Gasteiger partial charge is 0.0412 e. The molecule has 0 aliphatic heterocycles. The lowest BCUT2D eigenvalue weighted by Crippen LogP contribution is -2.14. The van der Waals surface area contributed by atoms with Gasteiger partial charge in [-0.05, 0) is 32.0 Å². The highest BCUT2D eigenvalue weighted by atomic mass is 32.1. The Bertz CT molecular complexity index is 267. The van der Waals surface area contributed by atoms with Gasteiger partial charge in [0.15, 0.2) is 0 Å². The fourth-order valence-corrected chi connectivity index (χ4v) is 2.90. The molecule has 1 aromatic heterocycles. The van der Waals surface area contributed by atoms with Gasteiger partial charge in [0.2, 0.25) is 0 Å². The molecule has 0 radical (unpaired) electrons. The topological polar surface area (TPSA) is 12.0 Å². The Morgan fingerprint density at radius 3 is 2.60 bits per heavy atom. The summed E-state index contributed by atoms with van der Waals surface area (Å²) in [4.78, 5) is 3.01. The summed E-state index contributed by atoms with van der Waals surface area (Å²) in [5.74, 6) is 0. The van der Waals surface area contributed by atoms with Crippen LogP contribution in [0.25, 0.3) is 0 Å². The molecule has 1 N–H and O–H groups in total. The summed E-state index contributed by atoms with van der Waals surface area (Å²) in [6.45, 7) is 4.48. The van der Waals surface area contributed by atoms with Gasteiger partial charge in [-0.1, -0.05) is 33.1 Å². The van der Waals surface area contributed by atoms with Crippen LogP contribution >= 0.6 is 11.3 Å². The van der Waals surface area contributed by atoms with E-state index in [-0.39, 0.29) is 0 Å². The summed E-state index contributed by atoms with van der Waals surface area (Å²) >= 11 is 1.96. The van der Waals surface area contributed by atoms with E-state index in [2.05, 4.69) is 38.3 Å². The minimum atomic E-state index is 0.571. The van der Waals surface area contributed by atoms with E-state index in [1.54, 1.807) is 0 Å². The molecule has 0 bridgehead atoms. The Balaban J connectivity index is 2.49. The van der Waals surface area contributed by atoms with Crippen molar-refractivity contribution in [1.29, 1.82) is 0 Å². The number of nitrogens with one attached hydrogen (secondary N) is 1. The zero-order valence-electron chi connectivity index (χ0n) is 10.2. The lowest BCUT2D eigenvalue weighted by atomic mass is 10.1. The molecule has 0 aliphatic carbocycles. The first-order valence-electron chi connectivity index (χ1n) is 6.07. The van der Waals surface area contributed by atoms with Crippen LogP contribution in [-0.2, 0) is 6.42 Å². The summed E-state index contributed by atoms with van der Waals surface area (Å²) in [6.07, 6.45) is 6.43. The average Bonchev–Trinajstić information content (AvgIpc) is 2.73. The molecule has 1 atom stereocenters. The Labute approximate surface area is 97.9 Å². The Morgan fingerprint density at radius 2 is 2.07 bits per heavy atom. The van der Waals surface area contributed by atoms with E-state index in [0.717, 1.165) is 6.42 Å². The quantitative estimate of drug-likeness (QED) is 0.687. The Hall–Kier alpha value is -0.340. The Kier molecular flexibility index (Phi) is 5.96. The van der Waals surface area contributed by atoms with Gasteiger partial charge in [-0.2, -0.15) is 0 Å². The van der Waals surface area contributed by atoms with E-state index < -0.39 is 0 Å². The lowest BCUT2D eigenvalue weighted by Gasteiger charge is -2.13. The van der Waals surface area contributed by atoms with Crippen molar-refractivity contribution in [3.8, 4) is 0 Å². The third kappa shape index (κ3) is 3.96. The molecule has 0 aromatic carbocycles. The largest absolute Gasteiger partial charge is 0.312 e. The zero-order chi connectivity index (χ0) is 11.1. The summed E-state index contributed by atoms with van der Waals surface area (Å²) in [6, 6.07) is 5.13. The minimum Gasteiger partial charge on any atom is -0.312 e. The maximum atomic E-state index is 3.43. The second-order valence-electron chi connectivity index (χ2n) is 3.99. The van der Waals surface area contributed by atoms with Crippen molar-refractivity contribution in [2.24, 2.45) is 0 Å². The highest BCUT2D eigenvalue weighted by Crippen LogP contribution is 2.27. The van der Waals surface area contributed by atoms with E-state index in [4.69, 9.17) is 0 Å². The number of aryl methyl sites for hydroxylation is 1. The molecule has 2 heteroatoms. The van der Waals surface area contributed by atoms with Gasteiger partial charge in [0.1, 0.15) is 0 Å². The first-order valence-corrected chi connectivity index (χ1v) is 6.89. The van der Waals surface area contributed by atoms with Crippen LogP contribution < -0.4 is 5.32 Å². The fraction of sp³-hybridized carbons (Fsp3) is 0.692. The molecule has 0 amide bonds. The van der Waals surface area contributed by atoms with Crippen molar-refractivity contribution in [2.75, 3.05) is 7.05 Å². The van der Waals surface area contributed by atoms with E-state index >= 15 is 0 Å². The minimum absolute atomic E-state index is 0.571. The third-order valence-electron chi connectivity index (χ3n) is 2.82. The number of hydrogen-bond acceptors (Lipinski definition) is 2. The van der Waals surface area contributed by atoms with Crippen molar-refractivity contribution in [3.05, 3.63) is 21.9 Å². The van der Waals surface area contributed by atoms with Crippen molar-refractivity contribution >= 4 is 11.3 Å². The molecule has 0 fully saturated rings. The van der Waals surface area contributed by atoms with Crippen LogP contribution in [0.15, 0.2) is 12.1 Å². The van der Waals surface area contributed by atoms with Crippen molar-refractivity contribution < 1.29 is 0 Å². The van der Waals surface area contributed by atoms with Gasteiger partial charge < -0.3 is 5.32 Å². The average molecular weight is 225 g/mol. The van der Waals surface area contributed by atoms with Crippen LogP contribution in [-0.4, -0.2) is 7.05 Å². The van der Waals surface area contributed by atoms with Gasteiger partial charge in [-0.3, -0.25) is 0 Å². The second-order valence-corrected chi connectivity index (χ2v) is 5.19. The van der Waals surface area contributed by atoms with Gasteiger partial charge in [-0.25, -0.2) is 0 Å². The normalized spacial score (nSPS) is 13.0. The summed E-state index contributed by atoms with van der Waals surface area (Å²) in [5, 5.41) is 3.43. The summed E-state index contributed by atoms with van der Waals surface area (Å²) in [7, 11) is 2.07. The number of hydrogen-bond donors (Lipinski definition) is 1. The molecule has 0 spiro atoms. The molecule has 15 heavy (non-hydrogen) atoms. The van der Waals surface area contributed by atoms with E-state index in [0.29, 0.717) is 6.04 Å². The summed E-state index contributed by atoms with van der Waals surface area (Å²) < 4.78 is 0. The van der Waals surface area contributed by atoms with Crippen LogP contribution in [0.5, 0.6) is 0 Å². The van der Waals surface area contributed by atoms with Crippen molar-refractivity contribution in [1.82, 2.24) is 5.32 Å².